The minimum atomic E-state index is -6.46. The first kappa shape index (κ1) is 16.7. The van der Waals surface area contributed by atoms with E-state index in [4.69, 9.17) is 0 Å². The van der Waals surface area contributed by atoms with Gasteiger partial charge in [0.25, 0.3) is 0 Å². The number of carbonyl (C=O) groups excluding carboxylic acids is 1. The molecule has 1 atom stereocenters. The maximum absolute atomic E-state index is 12.9. The fourth-order valence-electron chi connectivity index (χ4n) is 0.779. The van der Waals surface area contributed by atoms with Gasteiger partial charge in [-0.15, -0.1) is 0 Å². The Balaban J connectivity index is 5.15. The largest absolute Gasteiger partial charge is 0.460 e. The molecule has 18 heavy (non-hydrogen) atoms. The SMILES string of the molecule is C=C(C)C(=O)OC(C)C(F)(F)C(F)(F)C(F)(F)F. The summed E-state index contributed by atoms with van der Waals surface area (Å²) in [6.07, 6.45) is -9.42. The first-order chi connectivity index (χ1) is 7.75. The van der Waals surface area contributed by atoms with E-state index in [1.54, 1.807) is 0 Å². The fraction of sp³-hybridized carbons (Fsp3) is 0.667. The lowest BCUT2D eigenvalue weighted by Gasteiger charge is -2.31. The van der Waals surface area contributed by atoms with Gasteiger partial charge in [-0.2, -0.15) is 30.7 Å². The summed E-state index contributed by atoms with van der Waals surface area (Å²) in [5, 5.41) is 0. The Morgan fingerprint density at radius 3 is 1.78 bits per heavy atom. The van der Waals surface area contributed by atoms with Crippen molar-refractivity contribution < 1.29 is 40.3 Å². The lowest BCUT2D eigenvalue weighted by molar-refractivity contribution is -0.369. The molecule has 0 spiro atoms. The summed E-state index contributed by atoms with van der Waals surface area (Å²) in [4.78, 5) is 10.8. The van der Waals surface area contributed by atoms with Crippen LogP contribution in [0.25, 0.3) is 0 Å². The van der Waals surface area contributed by atoms with Crippen LogP contribution in [0.4, 0.5) is 30.7 Å². The van der Waals surface area contributed by atoms with Gasteiger partial charge in [-0.3, -0.25) is 0 Å². The summed E-state index contributed by atoms with van der Waals surface area (Å²) >= 11 is 0. The van der Waals surface area contributed by atoms with Crippen molar-refractivity contribution >= 4 is 5.97 Å². The van der Waals surface area contributed by atoms with Crippen molar-refractivity contribution in [3.63, 3.8) is 0 Å². The van der Waals surface area contributed by atoms with E-state index in [1.165, 1.54) is 0 Å². The van der Waals surface area contributed by atoms with Gasteiger partial charge in [-0.25, -0.2) is 4.79 Å². The number of esters is 1. The van der Waals surface area contributed by atoms with Crippen LogP contribution in [0.3, 0.4) is 0 Å². The van der Waals surface area contributed by atoms with Gasteiger partial charge in [0.15, 0.2) is 6.10 Å². The van der Waals surface area contributed by atoms with E-state index in [9.17, 15) is 35.5 Å². The maximum Gasteiger partial charge on any atom is 0.460 e. The Kier molecular flexibility index (Phi) is 4.43. The quantitative estimate of drug-likeness (QED) is 0.449. The van der Waals surface area contributed by atoms with Gasteiger partial charge in [-0.05, 0) is 13.8 Å². The number of alkyl halides is 7. The van der Waals surface area contributed by atoms with Crippen LogP contribution in [0, 0.1) is 0 Å². The van der Waals surface area contributed by atoms with E-state index >= 15 is 0 Å². The molecule has 0 aliphatic carbocycles. The molecule has 0 aromatic heterocycles. The summed E-state index contributed by atoms with van der Waals surface area (Å²) in [6.45, 7) is 4.23. The number of carbonyl (C=O) groups is 1. The first-order valence-corrected chi connectivity index (χ1v) is 4.44. The number of ether oxygens (including phenoxy) is 1. The molecule has 0 N–H and O–H groups in total. The van der Waals surface area contributed by atoms with Crippen LogP contribution in [-0.2, 0) is 9.53 Å². The van der Waals surface area contributed by atoms with Gasteiger partial charge in [0.05, 0.1) is 0 Å². The van der Waals surface area contributed by atoms with Crippen molar-refractivity contribution in [1.82, 2.24) is 0 Å². The highest BCUT2D eigenvalue weighted by Crippen LogP contribution is 2.48. The zero-order valence-electron chi connectivity index (χ0n) is 9.25. The number of halogens is 7. The predicted octanol–water partition coefficient (Wildman–Crippen LogP) is 3.33. The van der Waals surface area contributed by atoms with Gasteiger partial charge >= 0.3 is 24.0 Å². The second-order valence-corrected chi connectivity index (χ2v) is 3.52. The van der Waals surface area contributed by atoms with Gasteiger partial charge < -0.3 is 4.74 Å². The topological polar surface area (TPSA) is 26.3 Å². The molecular weight excluding hydrogens is 273 g/mol. The van der Waals surface area contributed by atoms with E-state index in [-0.39, 0.29) is 6.92 Å². The average molecular weight is 282 g/mol. The third kappa shape index (κ3) is 2.94. The van der Waals surface area contributed by atoms with Crippen molar-refractivity contribution in [3.8, 4) is 0 Å². The van der Waals surface area contributed by atoms with Crippen LogP contribution in [0.2, 0.25) is 0 Å². The van der Waals surface area contributed by atoms with E-state index in [1.807, 2.05) is 0 Å². The summed E-state index contributed by atoms with van der Waals surface area (Å²) in [5.74, 6) is -13.4. The summed E-state index contributed by atoms with van der Waals surface area (Å²) < 4.78 is 90.1. The third-order valence-corrected chi connectivity index (χ3v) is 1.92. The Morgan fingerprint density at radius 2 is 1.50 bits per heavy atom. The third-order valence-electron chi connectivity index (χ3n) is 1.92. The maximum atomic E-state index is 12.9. The fourth-order valence-corrected chi connectivity index (χ4v) is 0.779. The van der Waals surface area contributed by atoms with E-state index in [2.05, 4.69) is 11.3 Å². The van der Waals surface area contributed by atoms with Crippen LogP contribution < -0.4 is 0 Å². The van der Waals surface area contributed by atoms with Crippen LogP contribution in [0.1, 0.15) is 13.8 Å². The lowest BCUT2D eigenvalue weighted by Crippen LogP contribution is -2.57. The minimum absolute atomic E-state index is 0.237. The second-order valence-electron chi connectivity index (χ2n) is 3.52. The molecule has 0 rings (SSSR count). The lowest BCUT2D eigenvalue weighted by atomic mass is 10.1. The second kappa shape index (κ2) is 4.77. The van der Waals surface area contributed by atoms with Crippen LogP contribution in [-0.4, -0.2) is 30.1 Å². The van der Waals surface area contributed by atoms with E-state index < -0.39 is 35.7 Å². The minimum Gasteiger partial charge on any atom is -0.453 e. The molecule has 0 aliphatic heterocycles. The summed E-state index contributed by atoms with van der Waals surface area (Å²) in [7, 11) is 0. The highest BCUT2D eigenvalue weighted by atomic mass is 19.4. The monoisotopic (exact) mass is 282 g/mol. The highest BCUT2D eigenvalue weighted by molar-refractivity contribution is 5.87. The van der Waals surface area contributed by atoms with Crippen molar-refractivity contribution in [2.45, 2.75) is 38.0 Å². The van der Waals surface area contributed by atoms with E-state index in [0.29, 0.717) is 0 Å². The molecule has 0 aliphatic rings. The molecule has 106 valence electrons. The molecule has 0 aromatic rings. The van der Waals surface area contributed by atoms with Crippen molar-refractivity contribution in [1.29, 1.82) is 0 Å². The number of rotatable bonds is 4. The van der Waals surface area contributed by atoms with Gasteiger partial charge in [0, 0.05) is 5.57 Å². The average Bonchev–Trinajstić information content (AvgIpc) is 2.14. The Bertz CT molecular complexity index is 345. The Labute approximate surface area is 97.4 Å². The zero-order chi connectivity index (χ0) is 14.9. The van der Waals surface area contributed by atoms with E-state index in [0.717, 1.165) is 6.92 Å². The van der Waals surface area contributed by atoms with Gasteiger partial charge in [-0.1, -0.05) is 6.58 Å². The Hall–Kier alpha value is -1.28. The standard InChI is InChI=1S/C9H9F7O2/c1-4(2)6(17)18-5(3)7(10,11)8(12,13)9(14,15)16/h5H,1H2,2-3H3. The molecule has 0 aromatic carbocycles. The smallest absolute Gasteiger partial charge is 0.453 e. The molecule has 0 bridgehead atoms. The van der Waals surface area contributed by atoms with Crippen molar-refractivity contribution in [2.24, 2.45) is 0 Å². The highest BCUT2D eigenvalue weighted by Gasteiger charge is 2.75. The first-order valence-electron chi connectivity index (χ1n) is 4.44. The molecule has 0 amide bonds. The molecule has 0 fully saturated rings. The molecule has 0 heterocycles. The molecule has 1 unspecified atom stereocenters. The molecular formula is C9H9F7O2. The van der Waals surface area contributed by atoms with Crippen molar-refractivity contribution in [2.75, 3.05) is 0 Å². The summed E-state index contributed by atoms with van der Waals surface area (Å²) in [6, 6.07) is 0. The van der Waals surface area contributed by atoms with Crippen LogP contribution >= 0.6 is 0 Å². The van der Waals surface area contributed by atoms with Crippen LogP contribution in [0.5, 0.6) is 0 Å². The number of hydrogen-bond acceptors (Lipinski definition) is 2. The molecule has 0 radical (unpaired) electrons. The van der Waals surface area contributed by atoms with Gasteiger partial charge in [0.1, 0.15) is 0 Å². The molecule has 2 nitrogen and oxygen atoms in total. The Morgan fingerprint density at radius 1 is 1.11 bits per heavy atom. The van der Waals surface area contributed by atoms with Gasteiger partial charge in [0.2, 0.25) is 0 Å². The molecule has 0 saturated heterocycles. The number of hydrogen-bond donors (Lipinski definition) is 0. The van der Waals surface area contributed by atoms with Crippen molar-refractivity contribution in [3.05, 3.63) is 12.2 Å². The van der Waals surface area contributed by atoms with Crippen LogP contribution in [0.15, 0.2) is 12.2 Å². The predicted molar refractivity (Wildman–Crippen MR) is 46.3 cm³/mol. The molecule has 9 heteroatoms. The normalized spacial score (nSPS) is 15.2. The zero-order valence-corrected chi connectivity index (χ0v) is 9.25. The molecule has 0 saturated carbocycles. The summed E-state index contributed by atoms with van der Waals surface area (Å²) in [5.41, 5.74) is -0.409.